The van der Waals surface area contributed by atoms with Crippen LogP contribution in [0.15, 0.2) is 42.5 Å². The number of hydrogen-bond acceptors (Lipinski definition) is 2. The van der Waals surface area contributed by atoms with Crippen LogP contribution in [0.25, 0.3) is 0 Å². The van der Waals surface area contributed by atoms with E-state index in [1.165, 1.54) is 6.07 Å². The minimum absolute atomic E-state index is 0.179. The van der Waals surface area contributed by atoms with Gasteiger partial charge >= 0.3 is 0 Å². The Morgan fingerprint density at radius 1 is 1.12 bits per heavy atom. The summed E-state index contributed by atoms with van der Waals surface area (Å²) in [5, 5.41) is 4.62. The monoisotopic (exact) mass is 363 g/mol. The van der Waals surface area contributed by atoms with Gasteiger partial charge in [0.05, 0.1) is 5.69 Å². The highest BCUT2D eigenvalue weighted by atomic mass is 35.5. The fraction of sp³-hybridized carbons (Fsp3) is 0.278. The van der Waals surface area contributed by atoms with Crippen LogP contribution >= 0.6 is 23.8 Å². The van der Waals surface area contributed by atoms with Gasteiger partial charge in [0, 0.05) is 36.9 Å². The minimum Gasteiger partial charge on any atom is -0.366 e. The van der Waals surface area contributed by atoms with Gasteiger partial charge in [0.25, 0.3) is 0 Å². The Morgan fingerprint density at radius 3 is 2.54 bits per heavy atom. The molecule has 0 unspecified atom stereocenters. The van der Waals surface area contributed by atoms with Crippen LogP contribution in [0, 0.1) is 12.7 Å². The van der Waals surface area contributed by atoms with Gasteiger partial charge in [-0.15, -0.1) is 0 Å². The normalized spacial score (nSPS) is 14.6. The molecule has 0 aromatic heterocycles. The molecule has 1 N–H and O–H groups in total. The molecule has 0 saturated carbocycles. The zero-order chi connectivity index (χ0) is 17.1. The van der Waals surface area contributed by atoms with Crippen LogP contribution in [0.3, 0.4) is 0 Å². The SMILES string of the molecule is Cc1ccc(Cl)cc1NC(=S)N1CCN(c2ccccc2F)CC1. The Balaban J connectivity index is 1.61. The zero-order valence-corrected chi connectivity index (χ0v) is 15.0. The second-order valence-corrected chi connectivity index (χ2v) is 6.64. The molecule has 3 nitrogen and oxygen atoms in total. The van der Waals surface area contributed by atoms with E-state index in [1.54, 1.807) is 6.07 Å². The van der Waals surface area contributed by atoms with E-state index in [1.807, 2.05) is 37.3 Å². The predicted octanol–water partition coefficient (Wildman–Crippen LogP) is 4.31. The molecule has 126 valence electrons. The van der Waals surface area contributed by atoms with Gasteiger partial charge in [-0.05, 0) is 49.0 Å². The molecule has 2 aromatic rings. The van der Waals surface area contributed by atoms with Gasteiger partial charge in [-0.2, -0.15) is 0 Å². The Labute approximate surface area is 152 Å². The molecule has 3 rings (SSSR count). The topological polar surface area (TPSA) is 18.5 Å². The van der Waals surface area contributed by atoms with E-state index in [9.17, 15) is 4.39 Å². The van der Waals surface area contributed by atoms with Crippen molar-refractivity contribution in [2.75, 3.05) is 36.4 Å². The number of rotatable bonds is 2. The lowest BCUT2D eigenvalue weighted by Crippen LogP contribution is -2.50. The summed E-state index contributed by atoms with van der Waals surface area (Å²) in [4.78, 5) is 4.16. The molecule has 1 heterocycles. The maximum absolute atomic E-state index is 13.9. The van der Waals surface area contributed by atoms with Crippen LogP contribution in [-0.2, 0) is 0 Å². The first kappa shape index (κ1) is 17.0. The molecule has 0 spiro atoms. The molecule has 0 amide bonds. The predicted molar refractivity (Wildman–Crippen MR) is 103 cm³/mol. The van der Waals surface area contributed by atoms with Crippen molar-refractivity contribution in [3.05, 3.63) is 58.9 Å². The molecule has 2 aromatic carbocycles. The number of benzene rings is 2. The number of thiocarbonyl (C=S) groups is 1. The summed E-state index contributed by atoms with van der Waals surface area (Å²) in [6.45, 7) is 4.98. The maximum Gasteiger partial charge on any atom is 0.173 e. The quantitative estimate of drug-likeness (QED) is 0.801. The van der Waals surface area contributed by atoms with Gasteiger partial charge in [-0.25, -0.2) is 4.39 Å². The van der Waals surface area contributed by atoms with Crippen molar-refractivity contribution in [1.82, 2.24) is 4.90 Å². The lowest BCUT2D eigenvalue weighted by molar-refractivity contribution is 0.388. The summed E-state index contributed by atoms with van der Waals surface area (Å²) < 4.78 is 13.9. The number of para-hydroxylation sites is 1. The Kier molecular flexibility index (Phi) is 5.21. The molecule has 1 fully saturated rings. The Morgan fingerprint density at radius 2 is 1.83 bits per heavy atom. The number of halogens is 2. The molecule has 6 heteroatoms. The van der Waals surface area contributed by atoms with Gasteiger partial charge in [0.2, 0.25) is 0 Å². The highest BCUT2D eigenvalue weighted by molar-refractivity contribution is 7.80. The fourth-order valence-electron chi connectivity index (χ4n) is 2.78. The summed E-state index contributed by atoms with van der Waals surface area (Å²) in [5.74, 6) is -0.179. The molecule has 0 aliphatic carbocycles. The second kappa shape index (κ2) is 7.36. The Bertz CT molecular complexity index is 745. The highest BCUT2D eigenvalue weighted by Crippen LogP contribution is 2.22. The molecular weight excluding hydrogens is 345 g/mol. The lowest BCUT2D eigenvalue weighted by Gasteiger charge is -2.37. The van der Waals surface area contributed by atoms with Crippen LogP contribution < -0.4 is 10.2 Å². The first-order valence-corrected chi connectivity index (χ1v) is 8.65. The third kappa shape index (κ3) is 3.79. The van der Waals surface area contributed by atoms with Crippen molar-refractivity contribution >= 4 is 40.3 Å². The lowest BCUT2D eigenvalue weighted by atomic mass is 10.2. The van der Waals surface area contributed by atoms with E-state index < -0.39 is 0 Å². The van der Waals surface area contributed by atoms with Gasteiger partial charge in [0.1, 0.15) is 5.82 Å². The summed E-state index contributed by atoms with van der Waals surface area (Å²) in [7, 11) is 0. The minimum atomic E-state index is -0.179. The number of piperazine rings is 1. The van der Waals surface area contributed by atoms with Gasteiger partial charge in [-0.3, -0.25) is 0 Å². The molecule has 1 aliphatic heterocycles. The van der Waals surface area contributed by atoms with E-state index in [-0.39, 0.29) is 5.82 Å². The number of aryl methyl sites for hydroxylation is 1. The van der Waals surface area contributed by atoms with E-state index in [0.717, 1.165) is 37.4 Å². The average Bonchev–Trinajstić information content (AvgIpc) is 2.59. The third-order valence-corrected chi connectivity index (χ3v) is 4.80. The first-order chi connectivity index (χ1) is 11.5. The molecule has 1 saturated heterocycles. The van der Waals surface area contributed by atoms with Crippen molar-refractivity contribution in [3.8, 4) is 0 Å². The molecule has 24 heavy (non-hydrogen) atoms. The van der Waals surface area contributed by atoms with Crippen LogP contribution in [-0.4, -0.2) is 36.2 Å². The first-order valence-electron chi connectivity index (χ1n) is 7.86. The number of nitrogens with zero attached hydrogens (tertiary/aromatic N) is 2. The summed E-state index contributed by atoms with van der Waals surface area (Å²) in [6.07, 6.45) is 0. The van der Waals surface area contributed by atoms with E-state index in [0.29, 0.717) is 15.8 Å². The molecular formula is C18H19ClFN3S. The molecule has 0 radical (unpaired) electrons. The van der Waals surface area contributed by atoms with Crippen LogP contribution in [0.1, 0.15) is 5.56 Å². The number of anilines is 2. The van der Waals surface area contributed by atoms with Crippen LogP contribution in [0.4, 0.5) is 15.8 Å². The second-order valence-electron chi connectivity index (χ2n) is 5.81. The standard InChI is InChI=1S/C18H19ClFN3S/c1-13-6-7-14(19)12-16(13)21-18(24)23-10-8-22(9-11-23)17-5-3-2-4-15(17)20/h2-7,12H,8-11H2,1H3,(H,21,24). The zero-order valence-electron chi connectivity index (χ0n) is 13.4. The van der Waals surface area contributed by atoms with Gasteiger partial charge in [-0.1, -0.05) is 29.8 Å². The van der Waals surface area contributed by atoms with Crippen molar-refractivity contribution in [1.29, 1.82) is 0 Å². The van der Waals surface area contributed by atoms with Crippen molar-refractivity contribution in [3.63, 3.8) is 0 Å². The molecule has 0 atom stereocenters. The summed E-state index contributed by atoms with van der Waals surface area (Å²) in [5.41, 5.74) is 2.66. The number of hydrogen-bond donors (Lipinski definition) is 1. The van der Waals surface area contributed by atoms with Crippen molar-refractivity contribution in [2.24, 2.45) is 0 Å². The van der Waals surface area contributed by atoms with Crippen LogP contribution in [0.2, 0.25) is 5.02 Å². The van der Waals surface area contributed by atoms with Crippen molar-refractivity contribution < 1.29 is 4.39 Å². The summed E-state index contributed by atoms with van der Waals surface area (Å²) >= 11 is 11.6. The molecule has 0 bridgehead atoms. The molecule has 1 aliphatic rings. The summed E-state index contributed by atoms with van der Waals surface area (Å²) in [6, 6.07) is 12.6. The number of nitrogens with one attached hydrogen (secondary N) is 1. The van der Waals surface area contributed by atoms with E-state index in [4.69, 9.17) is 23.8 Å². The third-order valence-electron chi connectivity index (χ3n) is 4.20. The van der Waals surface area contributed by atoms with Gasteiger partial charge in [0.15, 0.2) is 5.11 Å². The average molecular weight is 364 g/mol. The largest absolute Gasteiger partial charge is 0.366 e. The smallest absolute Gasteiger partial charge is 0.173 e. The maximum atomic E-state index is 13.9. The Hall–Kier alpha value is -1.85. The van der Waals surface area contributed by atoms with Crippen molar-refractivity contribution in [2.45, 2.75) is 6.92 Å². The highest BCUT2D eigenvalue weighted by Gasteiger charge is 2.21. The van der Waals surface area contributed by atoms with Gasteiger partial charge < -0.3 is 15.1 Å². The van der Waals surface area contributed by atoms with Crippen LogP contribution in [0.5, 0.6) is 0 Å². The fourth-order valence-corrected chi connectivity index (χ4v) is 3.25. The van der Waals surface area contributed by atoms with E-state index in [2.05, 4.69) is 15.1 Å². The van der Waals surface area contributed by atoms with E-state index >= 15 is 0 Å².